The third-order valence-corrected chi connectivity index (χ3v) is 7.37. The van der Waals surface area contributed by atoms with Gasteiger partial charge in [-0.15, -0.1) is 0 Å². The van der Waals surface area contributed by atoms with Crippen molar-refractivity contribution < 1.29 is 56.4 Å². The molecule has 1 fully saturated rings. The van der Waals surface area contributed by atoms with Crippen molar-refractivity contribution >= 4 is 23.9 Å². The van der Waals surface area contributed by atoms with Crippen LogP contribution in [0.3, 0.4) is 0 Å². The minimum atomic E-state index is -0.949. The summed E-state index contributed by atoms with van der Waals surface area (Å²) >= 11 is 0. The summed E-state index contributed by atoms with van der Waals surface area (Å²) in [5, 5.41) is 0. The molecule has 0 amide bonds. The highest BCUT2D eigenvalue weighted by atomic mass is 19.1. The molecule has 2 aliphatic carbocycles. The summed E-state index contributed by atoms with van der Waals surface area (Å²) < 4.78 is 60.5. The van der Waals surface area contributed by atoms with Gasteiger partial charge in [0.25, 0.3) is 0 Å². The molecule has 232 valence electrons. The van der Waals surface area contributed by atoms with Crippen molar-refractivity contribution in [2.45, 2.75) is 31.1 Å². The average Bonchev–Trinajstić information content (AvgIpc) is 3.65. The summed E-state index contributed by atoms with van der Waals surface area (Å²) in [6.45, 7) is 5.57. The van der Waals surface area contributed by atoms with Gasteiger partial charge in [0.2, 0.25) is 13.6 Å². The van der Waals surface area contributed by atoms with Gasteiger partial charge in [-0.1, -0.05) is 13.2 Å². The van der Waals surface area contributed by atoms with Crippen molar-refractivity contribution in [1.82, 2.24) is 0 Å². The van der Waals surface area contributed by atoms with E-state index in [9.17, 15) is 28.0 Å². The fourth-order valence-corrected chi connectivity index (χ4v) is 5.36. The number of hydrogen-bond donors (Lipinski definition) is 0. The van der Waals surface area contributed by atoms with Crippen LogP contribution in [0.1, 0.15) is 62.9 Å². The molecule has 0 aliphatic heterocycles. The second-order valence-corrected chi connectivity index (χ2v) is 10.0. The Morgan fingerprint density at radius 2 is 1.11 bits per heavy atom. The standard InChI is InChI=1S/C33H26F2O10/c1-3-28(36)42-16-40-20-7-9-22(24(34)14-20)32(38)44-26-11-12-27(31-19-6-5-18(13-19)30(26)31)45-33(39)23-10-8-21(15-25(23)35)41-17-43-29(37)4-2/h3-4,7-12,14-15,18-19H,1-2,5-6,13,16-17H2. The lowest BCUT2D eigenvalue weighted by molar-refractivity contribution is -0.145. The number of ether oxygens (including phenoxy) is 6. The van der Waals surface area contributed by atoms with E-state index in [1.165, 1.54) is 36.4 Å². The molecule has 10 nitrogen and oxygen atoms in total. The molecule has 0 radical (unpaired) electrons. The van der Waals surface area contributed by atoms with Gasteiger partial charge >= 0.3 is 23.9 Å². The Morgan fingerprint density at radius 3 is 1.49 bits per heavy atom. The largest absolute Gasteiger partial charge is 0.457 e. The Balaban J connectivity index is 1.29. The Bertz CT molecular complexity index is 1580. The lowest BCUT2D eigenvalue weighted by atomic mass is 9.90. The summed E-state index contributed by atoms with van der Waals surface area (Å²) in [6, 6.07) is 9.86. The second-order valence-electron chi connectivity index (χ2n) is 10.0. The van der Waals surface area contributed by atoms with E-state index in [4.69, 9.17) is 18.9 Å². The predicted octanol–water partition coefficient (Wildman–Crippen LogP) is 5.90. The maximum absolute atomic E-state index is 14.8. The van der Waals surface area contributed by atoms with E-state index in [0.29, 0.717) is 11.1 Å². The second kappa shape index (κ2) is 13.4. The highest BCUT2D eigenvalue weighted by Gasteiger charge is 2.42. The quantitative estimate of drug-likeness (QED) is 0.105. The Morgan fingerprint density at radius 1 is 0.689 bits per heavy atom. The van der Waals surface area contributed by atoms with Crippen LogP contribution in [0.25, 0.3) is 0 Å². The van der Waals surface area contributed by atoms with E-state index in [1.807, 2.05) is 0 Å². The van der Waals surface area contributed by atoms with E-state index in [0.717, 1.165) is 43.5 Å². The third-order valence-electron chi connectivity index (χ3n) is 7.37. The predicted molar refractivity (Wildman–Crippen MR) is 152 cm³/mol. The van der Waals surface area contributed by atoms with Gasteiger partial charge in [-0.2, -0.15) is 0 Å². The minimum absolute atomic E-state index is 0.0258. The molecule has 0 heterocycles. The molecule has 2 aliphatic rings. The van der Waals surface area contributed by atoms with Crippen LogP contribution in [0.4, 0.5) is 8.78 Å². The number of carbonyl (C=O) groups is 4. The zero-order chi connectivity index (χ0) is 32.1. The molecule has 2 bridgehead atoms. The van der Waals surface area contributed by atoms with Crippen LogP contribution in [0.2, 0.25) is 0 Å². The molecule has 3 aromatic carbocycles. The number of rotatable bonds is 12. The van der Waals surface area contributed by atoms with Crippen LogP contribution < -0.4 is 18.9 Å². The van der Waals surface area contributed by atoms with Crippen LogP contribution in [0.15, 0.2) is 73.8 Å². The van der Waals surface area contributed by atoms with Crippen molar-refractivity contribution in [3.63, 3.8) is 0 Å². The van der Waals surface area contributed by atoms with Gasteiger partial charge in [0.15, 0.2) is 0 Å². The van der Waals surface area contributed by atoms with Gasteiger partial charge < -0.3 is 28.4 Å². The molecule has 1 saturated carbocycles. The lowest BCUT2D eigenvalue weighted by Crippen LogP contribution is -2.16. The minimum Gasteiger partial charge on any atom is -0.457 e. The molecule has 0 saturated heterocycles. The first kappa shape index (κ1) is 30.9. The summed E-state index contributed by atoms with van der Waals surface area (Å²) in [5.41, 5.74) is 0.680. The molecule has 0 aromatic heterocycles. The molecule has 3 aromatic rings. The average molecular weight is 621 g/mol. The number of esters is 4. The zero-order valence-corrected chi connectivity index (χ0v) is 23.7. The van der Waals surface area contributed by atoms with Gasteiger partial charge in [-0.3, -0.25) is 0 Å². The van der Waals surface area contributed by atoms with E-state index in [2.05, 4.69) is 22.6 Å². The maximum Gasteiger partial charge on any atom is 0.346 e. The molecule has 45 heavy (non-hydrogen) atoms. The number of hydrogen-bond acceptors (Lipinski definition) is 10. The van der Waals surface area contributed by atoms with Crippen molar-refractivity contribution in [3.8, 4) is 23.0 Å². The SMILES string of the molecule is C=CC(=O)OCOc1ccc(C(=O)Oc2ccc(OC(=O)c3ccc(OCOC(=O)C=C)cc3F)c3c2C2CCC3C2)c(F)c1. The topological polar surface area (TPSA) is 124 Å². The van der Waals surface area contributed by atoms with Gasteiger partial charge in [0.05, 0.1) is 11.1 Å². The van der Waals surface area contributed by atoms with Crippen LogP contribution >= 0.6 is 0 Å². The van der Waals surface area contributed by atoms with Crippen molar-refractivity contribution in [2.75, 3.05) is 13.6 Å². The highest BCUT2D eigenvalue weighted by Crippen LogP contribution is 2.58. The van der Waals surface area contributed by atoms with E-state index in [-0.39, 0.29) is 46.0 Å². The van der Waals surface area contributed by atoms with E-state index >= 15 is 0 Å². The first-order valence-electron chi connectivity index (χ1n) is 13.7. The van der Waals surface area contributed by atoms with Crippen molar-refractivity contribution in [2.24, 2.45) is 0 Å². The molecular formula is C33H26F2O10. The lowest BCUT2D eigenvalue weighted by Gasteiger charge is -2.21. The van der Waals surface area contributed by atoms with Gasteiger partial charge in [0, 0.05) is 35.4 Å². The number of carbonyl (C=O) groups excluding carboxylic acids is 4. The fraction of sp³-hybridized carbons (Fsp3) is 0.212. The van der Waals surface area contributed by atoms with Crippen LogP contribution in [-0.4, -0.2) is 37.5 Å². The molecule has 0 N–H and O–H groups in total. The summed E-state index contributed by atoms with van der Waals surface area (Å²) in [4.78, 5) is 48.2. The van der Waals surface area contributed by atoms with E-state index in [1.54, 1.807) is 0 Å². The fourth-order valence-electron chi connectivity index (χ4n) is 5.36. The number of fused-ring (bicyclic) bond motifs is 5. The molecule has 5 rings (SSSR count). The summed E-state index contributed by atoms with van der Waals surface area (Å²) in [5.74, 6) is -4.60. The monoisotopic (exact) mass is 620 g/mol. The smallest absolute Gasteiger partial charge is 0.346 e. The Labute approximate surface area is 255 Å². The molecule has 12 heteroatoms. The van der Waals surface area contributed by atoms with Gasteiger partial charge in [-0.05, 0) is 67.5 Å². The van der Waals surface area contributed by atoms with Crippen molar-refractivity contribution in [3.05, 3.63) is 108 Å². The van der Waals surface area contributed by atoms with Crippen LogP contribution in [0, 0.1) is 11.6 Å². The molecule has 0 spiro atoms. The molecular weight excluding hydrogens is 594 g/mol. The number of benzene rings is 3. The van der Waals surface area contributed by atoms with Crippen molar-refractivity contribution in [1.29, 1.82) is 0 Å². The zero-order valence-electron chi connectivity index (χ0n) is 23.7. The normalized spacial score (nSPS) is 15.8. The Kier molecular flexibility index (Phi) is 9.22. The maximum atomic E-state index is 14.8. The summed E-state index contributed by atoms with van der Waals surface area (Å²) in [7, 11) is 0. The molecule has 2 atom stereocenters. The van der Waals surface area contributed by atoms with Crippen LogP contribution in [0.5, 0.6) is 23.0 Å². The van der Waals surface area contributed by atoms with Gasteiger partial charge in [-0.25, -0.2) is 28.0 Å². The van der Waals surface area contributed by atoms with Crippen LogP contribution in [-0.2, 0) is 19.1 Å². The van der Waals surface area contributed by atoms with E-state index < -0.39 is 49.1 Å². The first-order valence-corrected chi connectivity index (χ1v) is 13.7. The highest BCUT2D eigenvalue weighted by molar-refractivity contribution is 5.93. The first-order chi connectivity index (χ1) is 21.7. The third kappa shape index (κ3) is 6.85. The number of halogens is 2. The Hall–Kier alpha value is -5.52. The molecule has 2 unspecified atom stereocenters. The summed E-state index contributed by atoms with van der Waals surface area (Å²) in [6.07, 6.45) is 4.31. The van der Waals surface area contributed by atoms with Gasteiger partial charge in [0.1, 0.15) is 34.6 Å².